The van der Waals surface area contributed by atoms with Crippen LogP contribution in [0.5, 0.6) is 0 Å². The molecule has 0 saturated heterocycles. The third kappa shape index (κ3) is 4.23. The molecule has 3 nitrogen and oxygen atoms in total. The van der Waals surface area contributed by atoms with Crippen LogP contribution in [0.4, 0.5) is 0 Å². The molecule has 0 aliphatic heterocycles. The Hall–Kier alpha value is -1.03. The first-order valence-electron chi connectivity index (χ1n) is 5.35. The fraction of sp³-hybridized carbons (Fsp3) is 0.500. The molecule has 0 radical (unpaired) electrons. The lowest BCUT2D eigenvalue weighted by Crippen LogP contribution is -2.24. The highest BCUT2D eigenvalue weighted by Crippen LogP contribution is 2.09. The maximum Gasteiger partial charge on any atom is 0.159 e. The van der Waals surface area contributed by atoms with Crippen LogP contribution in [-0.4, -0.2) is 34.4 Å². The average molecular weight is 237 g/mol. The fourth-order valence-corrected chi connectivity index (χ4v) is 2.05. The van der Waals surface area contributed by atoms with Gasteiger partial charge in [0.15, 0.2) is 5.17 Å². The van der Waals surface area contributed by atoms with Crippen molar-refractivity contribution in [1.29, 1.82) is 0 Å². The minimum atomic E-state index is 0.332. The lowest BCUT2D eigenvalue weighted by molar-refractivity contribution is 0.505. The zero-order valence-electron chi connectivity index (χ0n) is 10.3. The van der Waals surface area contributed by atoms with Crippen LogP contribution in [0.1, 0.15) is 19.4 Å². The van der Waals surface area contributed by atoms with E-state index in [1.807, 2.05) is 12.3 Å². The molecule has 0 amide bonds. The lowest BCUT2D eigenvalue weighted by atomic mass is 10.3. The Balaban J connectivity index is 2.67. The Morgan fingerprint density at radius 3 is 2.81 bits per heavy atom. The van der Waals surface area contributed by atoms with Crippen molar-refractivity contribution in [1.82, 2.24) is 9.88 Å². The molecule has 16 heavy (non-hydrogen) atoms. The van der Waals surface area contributed by atoms with Crippen molar-refractivity contribution in [2.45, 2.75) is 26.4 Å². The first-order valence-corrected chi connectivity index (χ1v) is 6.57. The topological polar surface area (TPSA) is 28.5 Å². The normalized spacial score (nSPS) is 11.9. The first kappa shape index (κ1) is 13.0. The van der Waals surface area contributed by atoms with E-state index in [0.29, 0.717) is 6.04 Å². The highest BCUT2D eigenvalue weighted by Gasteiger charge is 2.06. The molecule has 4 heteroatoms. The summed E-state index contributed by atoms with van der Waals surface area (Å²) in [6, 6.07) is 4.37. The third-order valence-corrected chi connectivity index (χ3v) is 2.80. The zero-order valence-corrected chi connectivity index (χ0v) is 11.2. The standard InChI is InChI=1S/C12H19N3S/c1-10(2)14-12(16-4)15(3)9-11-6-5-7-13-8-11/h5-8,10H,9H2,1-4H3. The number of amidine groups is 1. The molecule has 0 aliphatic rings. The molecular weight excluding hydrogens is 218 g/mol. The van der Waals surface area contributed by atoms with Crippen molar-refractivity contribution >= 4 is 16.9 Å². The summed E-state index contributed by atoms with van der Waals surface area (Å²) < 4.78 is 0. The van der Waals surface area contributed by atoms with Crippen molar-refractivity contribution in [3.05, 3.63) is 30.1 Å². The minimum Gasteiger partial charge on any atom is -0.350 e. The molecular formula is C12H19N3S. The van der Waals surface area contributed by atoms with Gasteiger partial charge in [0.2, 0.25) is 0 Å². The van der Waals surface area contributed by atoms with E-state index in [2.05, 4.69) is 48.1 Å². The van der Waals surface area contributed by atoms with Gasteiger partial charge in [0, 0.05) is 32.0 Å². The Labute approximate surface area is 102 Å². The van der Waals surface area contributed by atoms with E-state index >= 15 is 0 Å². The monoisotopic (exact) mass is 237 g/mol. The van der Waals surface area contributed by atoms with Crippen LogP contribution >= 0.6 is 11.8 Å². The van der Waals surface area contributed by atoms with E-state index in [-0.39, 0.29) is 0 Å². The van der Waals surface area contributed by atoms with Crippen LogP contribution in [-0.2, 0) is 6.54 Å². The molecule has 0 aromatic carbocycles. The summed E-state index contributed by atoms with van der Waals surface area (Å²) in [6.07, 6.45) is 5.74. The van der Waals surface area contributed by atoms with E-state index in [4.69, 9.17) is 0 Å². The molecule has 0 aliphatic carbocycles. The maximum atomic E-state index is 4.58. The van der Waals surface area contributed by atoms with E-state index in [9.17, 15) is 0 Å². The maximum absolute atomic E-state index is 4.58. The zero-order chi connectivity index (χ0) is 12.0. The molecule has 0 N–H and O–H groups in total. The van der Waals surface area contributed by atoms with E-state index in [1.165, 1.54) is 5.56 Å². The molecule has 1 rings (SSSR count). The summed E-state index contributed by atoms with van der Waals surface area (Å²) in [4.78, 5) is 10.8. The summed E-state index contributed by atoms with van der Waals surface area (Å²) in [7, 11) is 2.06. The smallest absolute Gasteiger partial charge is 0.159 e. The van der Waals surface area contributed by atoms with Crippen LogP contribution in [0.3, 0.4) is 0 Å². The second-order valence-electron chi connectivity index (χ2n) is 3.93. The van der Waals surface area contributed by atoms with Gasteiger partial charge < -0.3 is 4.90 Å². The molecule has 0 saturated carbocycles. The van der Waals surface area contributed by atoms with Crippen molar-refractivity contribution in [3.8, 4) is 0 Å². The number of aromatic nitrogens is 1. The van der Waals surface area contributed by atoms with E-state index in [0.717, 1.165) is 11.7 Å². The number of pyridine rings is 1. The average Bonchev–Trinajstić information content (AvgIpc) is 2.26. The summed E-state index contributed by atoms with van der Waals surface area (Å²) >= 11 is 1.68. The number of hydrogen-bond donors (Lipinski definition) is 0. The van der Waals surface area contributed by atoms with Gasteiger partial charge in [0.1, 0.15) is 0 Å². The Kier molecular flexibility index (Phi) is 5.32. The minimum absolute atomic E-state index is 0.332. The molecule has 0 atom stereocenters. The van der Waals surface area contributed by atoms with Crippen molar-refractivity contribution in [2.24, 2.45) is 4.99 Å². The van der Waals surface area contributed by atoms with Crippen molar-refractivity contribution in [3.63, 3.8) is 0 Å². The molecule has 88 valence electrons. The Morgan fingerprint density at radius 2 is 2.31 bits per heavy atom. The Bertz CT molecular complexity index is 335. The molecule has 0 fully saturated rings. The summed E-state index contributed by atoms with van der Waals surface area (Å²) in [5, 5.41) is 1.07. The van der Waals surface area contributed by atoms with Gasteiger partial charge in [-0.1, -0.05) is 17.8 Å². The molecule has 0 spiro atoms. The largest absolute Gasteiger partial charge is 0.350 e. The summed E-state index contributed by atoms with van der Waals surface area (Å²) in [6.45, 7) is 5.03. The van der Waals surface area contributed by atoms with Crippen LogP contribution in [0.25, 0.3) is 0 Å². The van der Waals surface area contributed by atoms with Crippen LogP contribution in [0.15, 0.2) is 29.5 Å². The van der Waals surface area contributed by atoms with Gasteiger partial charge in [-0.25, -0.2) is 0 Å². The van der Waals surface area contributed by atoms with Gasteiger partial charge in [-0.3, -0.25) is 9.98 Å². The van der Waals surface area contributed by atoms with Gasteiger partial charge in [0.05, 0.1) is 0 Å². The third-order valence-electron chi connectivity index (χ3n) is 2.02. The summed E-state index contributed by atoms with van der Waals surface area (Å²) in [5.74, 6) is 0. The number of hydrogen-bond acceptors (Lipinski definition) is 3. The molecule has 0 bridgehead atoms. The Morgan fingerprint density at radius 1 is 1.56 bits per heavy atom. The number of rotatable bonds is 3. The SMILES string of the molecule is CSC(=NC(C)C)N(C)Cc1cccnc1. The highest BCUT2D eigenvalue weighted by atomic mass is 32.2. The van der Waals surface area contributed by atoms with E-state index in [1.54, 1.807) is 18.0 Å². The predicted octanol–water partition coefficient (Wildman–Crippen LogP) is 2.64. The quantitative estimate of drug-likeness (QED) is 0.597. The van der Waals surface area contributed by atoms with Crippen LogP contribution < -0.4 is 0 Å². The first-order chi connectivity index (χ1) is 7.63. The van der Waals surface area contributed by atoms with Crippen molar-refractivity contribution < 1.29 is 0 Å². The van der Waals surface area contributed by atoms with Gasteiger partial charge in [-0.15, -0.1) is 0 Å². The number of thioether (sulfide) groups is 1. The second-order valence-corrected chi connectivity index (χ2v) is 4.70. The van der Waals surface area contributed by atoms with Crippen LogP contribution in [0, 0.1) is 0 Å². The number of aliphatic imine (C=N–C) groups is 1. The molecule has 1 heterocycles. The molecule has 0 unspecified atom stereocenters. The van der Waals surface area contributed by atoms with Crippen LogP contribution in [0.2, 0.25) is 0 Å². The number of nitrogens with zero attached hydrogens (tertiary/aromatic N) is 3. The second kappa shape index (κ2) is 6.53. The lowest BCUT2D eigenvalue weighted by Gasteiger charge is -2.20. The van der Waals surface area contributed by atoms with Gasteiger partial charge in [-0.05, 0) is 31.7 Å². The molecule has 1 aromatic heterocycles. The van der Waals surface area contributed by atoms with Crippen molar-refractivity contribution in [2.75, 3.05) is 13.3 Å². The van der Waals surface area contributed by atoms with E-state index < -0.39 is 0 Å². The fourth-order valence-electron chi connectivity index (χ4n) is 1.36. The van der Waals surface area contributed by atoms with Gasteiger partial charge >= 0.3 is 0 Å². The van der Waals surface area contributed by atoms with Gasteiger partial charge in [-0.2, -0.15) is 0 Å². The predicted molar refractivity (Wildman–Crippen MR) is 71.8 cm³/mol. The summed E-state index contributed by atoms with van der Waals surface area (Å²) in [5.41, 5.74) is 1.20. The molecule has 1 aromatic rings. The van der Waals surface area contributed by atoms with Gasteiger partial charge in [0.25, 0.3) is 0 Å². The highest BCUT2D eigenvalue weighted by molar-refractivity contribution is 8.13.